The molecule has 1 aromatic heterocycles. The molecule has 2 aromatic carbocycles. The van der Waals surface area contributed by atoms with Gasteiger partial charge in [0, 0.05) is 24.4 Å². The Morgan fingerprint density at radius 3 is 2.76 bits per heavy atom. The van der Waals surface area contributed by atoms with Gasteiger partial charge in [0.1, 0.15) is 5.82 Å². The van der Waals surface area contributed by atoms with E-state index in [0.29, 0.717) is 24.4 Å². The molecular formula is C19H16FN3O2. The van der Waals surface area contributed by atoms with Gasteiger partial charge >= 0.3 is 0 Å². The predicted molar refractivity (Wildman–Crippen MR) is 88.9 cm³/mol. The second kappa shape index (κ2) is 6.47. The van der Waals surface area contributed by atoms with Gasteiger partial charge in [-0.05, 0) is 23.8 Å². The number of benzene rings is 2. The van der Waals surface area contributed by atoms with Crippen molar-refractivity contribution < 1.29 is 13.6 Å². The van der Waals surface area contributed by atoms with E-state index in [1.807, 2.05) is 30.3 Å². The first-order chi connectivity index (χ1) is 12.2. The smallest absolute Gasteiger partial charge is 0.247 e. The third-order valence-corrected chi connectivity index (χ3v) is 4.35. The Bertz CT molecular complexity index is 894. The quantitative estimate of drug-likeness (QED) is 0.732. The van der Waals surface area contributed by atoms with E-state index in [1.54, 1.807) is 17.0 Å². The number of hydrogen-bond donors (Lipinski definition) is 0. The van der Waals surface area contributed by atoms with Gasteiger partial charge in [0.15, 0.2) is 0 Å². The van der Waals surface area contributed by atoms with E-state index in [4.69, 9.17) is 4.42 Å². The van der Waals surface area contributed by atoms with Crippen LogP contribution in [0.3, 0.4) is 0 Å². The highest BCUT2D eigenvalue weighted by atomic mass is 19.1. The Hall–Kier alpha value is -3.02. The molecule has 4 rings (SSSR count). The minimum Gasteiger partial charge on any atom is -0.419 e. The van der Waals surface area contributed by atoms with Crippen LogP contribution < -0.4 is 0 Å². The second-order valence-corrected chi connectivity index (χ2v) is 6.10. The van der Waals surface area contributed by atoms with E-state index in [9.17, 15) is 9.18 Å². The number of likely N-dealkylation sites (tertiary alicyclic amines) is 1. The molecule has 2 heterocycles. The summed E-state index contributed by atoms with van der Waals surface area (Å²) in [7, 11) is 0. The van der Waals surface area contributed by atoms with E-state index in [0.717, 1.165) is 5.56 Å². The summed E-state index contributed by atoms with van der Waals surface area (Å²) in [5.41, 5.74) is 1.68. The first-order valence-electron chi connectivity index (χ1n) is 8.10. The highest BCUT2D eigenvalue weighted by Crippen LogP contribution is 2.29. The van der Waals surface area contributed by atoms with Crippen LogP contribution in [-0.2, 0) is 11.3 Å². The van der Waals surface area contributed by atoms with E-state index in [-0.39, 0.29) is 30.1 Å². The molecule has 25 heavy (non-hydrogen) atoms. The third-order valence-electron chi connectivity index (χ3n) is 4.35. The summed E-state index contributed by atoms with van der Waals surface area (Å²) in [5, 5.41) is 7.94. The van der Waals surface area contributed by atoms with Crippen LogP contribution in [0.1, 0.15) is 23.8 Å². The van der Waals surface area contributed by atoms with Crippen molar-refractivity contribution in [2.45, 2.75) is 18.9 Å². The fourth-order valence-corrected chi connectivity index (χ4v) is 3.09. The molecule has 6 heteroatoms. The van der Waals surface area contributed by atoms with Gasteiger partial charge in [0.2, 0.25) is 17.7 Å². The Balaban J connectivity index is 1.47. The number of amides is 1. The van der Waals surface area contributed by atoms with Gasteiger partial charge in [-0.2, -0.15) is 0 Å². The number of carbonyl (C=O) groups excluding carboxylic acids is 1. The van der Waals surface area contributed by atoms with Crippen molar-refractivity contribution >= 4 is 5.91 Å². The number of nitrogens with zero attached hydrogens (tertiary/aromatic N) is 3. The largest absolute Gasteiger partial charge is 0.419 e. The number of halogens is 1. The van der Waals surface area contributed by atoms with E-state index in [2.05, 4.69) is 10.2 Å². The van der Waals surface area contributed by atoms with Crippen molar-refractivity contribution in [3.8, 4) is 11.5 Å². The molecule has 1 aliphatic rings. The average molecular weight is 337 g/mol. The Kier molecular flexibility index (Phi) is 4.01. The minimum atomic E-state index is -0.363. The average Bonchev–Trinajstić information content (AvgIpc) is 3.24. The van der Waals surface area contributed by atoms with Crippen molar-refractivity contribution in [3.63, 3.8) is 0 Å². The van der Waals surface area contributed by atoms with Crippen LogP contribution in [0.4, 0.5) is 4.39 Å². The molecule has 1 aliphatic heterocycles. The zero-order valence-corrected chi connectivity index (χ0v) is 13.4. The number of aromatic nitrogens is 2. The van der Waals surface area contributed by atoms with Gasteiger partial charge in [-0.15, -0.1) is 10.2 Å². The number of rotatable bonds is 4. The maximum Gasteiger partial charge on any atom is 0.247 e. The van der Waals surface area contributed by atoms with Crippen molar-refractivity contribution in [1.82, 2.24) is 15.1 Å². The van der Waals surface area contributed by atoms with Crippen LogP contribution in [0.2, 0.25) is 0 Å². The molecule has 0 bridgehead atoms. The molecule has 0 unspecified atom stereocenters. The summed E-state index contributed by atoms with van der Waals surface area (Å²) in [6.45, 7) is 0.894. The maximum absolute atomic E-state index is 13.3. The zero-order chi connectivity index (χ0) is 17.2. The molecule has 0 saturated carbocycles. The van der Waals surface area contributed by atoms with E-state index in [1.165, 1.54) is 12.1 Å². The standard InChI is InChI=1S/C19H16FN3O2/c20-16-8-4-7-14(9-16)19-22-21-17(25-19)12-23-11-15(10-18(23)24)13-5-2-1-3-6-13/h1-9,15H,10-12H2/t15-/m1/s1. The SMILES string of the molecule is O=C1C[C@@H](c2ccccc2)CN1Cc1nnc(-c2cccc(F)c2)o1. The Morgan fingerprint density at radius 2 is 1.96 bits per heavy atom. The molecule has 3 aromatic rings. The Morgan fingerprint density at radius 1 is 1.12 bits per heavy atom. The van der Waals surface area contributed by atoms with Crippen molar-refractivity contribution in [2.24, 2.45) is 0 Å². The van der Waals surface area contributed by atoms with Gasteiger partial charge in [-0.25, -0.2) is 4.39 Å². The highest BCUT2D eigenvalue weighted by Gasteiger charge is 2.31. The fourth-order valence-electron chi connectivity index (χ4n) is 3.09. The molecule has 1 amide bonds. The molecule has 0 spiro atoms. The van der Waals surface area contributed by atoms with Gasteiger partial charge in [0.25, 0.3) is 0 Å². The van der Waals surface area contributed by atoms with Crippen LogP contribution in [0.5, 0.6) is 0 Å². The normalized spacial score (nSPS) is 17.2. The third kappa shape index (κ3) is 3.28. The molecule has 5 nitrogen and oxygen atoms in total. The van der Waals surface area contributed by atoms with Crippen LogP contribution in [0.25, 0.3) is 11.5 Å². The number of hydrogen-bond acceptors (Lipinski definition) is 4. The molecule has 1 atom stereocenters. The van der Waals surface area contributed by atoms with Crippen molar-refractivity contribution in [2.75, 3.05) is 6.54 Å². The van der Waals surface area contributed by atoms with Crippen molar-refractivity contribution in [1.29, 1.82) is 0 Å². The molecule has 0 aliphatic carbocycles. The van der Waals surface area contributed by atoms with Crippen LogP contribution in [0, 0.1) is 5.82 Å². The molecular weight excluding hydrogens is 321 g/mol. The maximum atomic E-state index is 13.3. The zero-order valence-electron chi connectivity index (χ0n) is 13.4. The summed E-state index contributed by atoms with van der Waals surface area (Å²) in [6.07, 6.45) is 0.481. The molecule has 1 saturated heterocycles. The van der Waals surface area contributed by atoms with Gasteiger partial charge in [-0.3, -0.25) is 4.79 Å². The van der Waals surface area contributed by atoms with Crippen LogP contribution >= 0.6 is 0 Å². The monoisotopic (exact) mass is 337 g/mol. The molecule has 0 N–H and O–H groups in total. The van der Waals surface area contributed by atoms with E-state index >= 15 is 0 Å². The topological polar surface area (TPSA) is 59.2 Å². The van der Waals surface area contributed by atoms with Crippen LogP contribution in [0.15, 0.2) is 59.0 Å². The summed E-state index contributed by atoms with van der Waals surface area (Å²) in [6, 6.07) is 16.0. The predicted octanol–water partition coefficient (Wildman–Crippen LogP) is 3.39. The summed E-state index contributed by atoms with van der Waals surface area (Å²) < 4.78 is 18.9. The molecule has 126 valence electrons. The lowest BCUT2D eigenvalue weighted by molar-refractivity contribution is -0.128. The summed E-state index contributed by atoms with van der Waals surface area (Å²) in [5.74, 6) is 0.485. The lowest BCUT2D eigenvalue weighted by atomic mass is 9.99. The van der Waals surface area contributed by atoms with Crippen LogP contribution in [-0.4, -0.2) is 27.5 Å². The lowest BCUT2D eigenvalue weighted by Gasteiger charge is -2.14. The molecule has 1 fully saturated rings. The first kappa shape index (κ1) is 15.5. The summed E-state index contributed by atoms with van der Waals surface area (Å²) >= 11 is 0. The molecule has 0 radical (unpaired) electrons. The first-order valence-corrected chi connectivity index (χ1v) is 8.10. The van der Waals surface area contributed by atoms with Gasteiger partial charge < -0.3 is 9.32 Å². The minimum absolute atomic E-state index is 0.0689. The number of carbonyl (C=O) groups is 1. The van der Waals surface area contributed by atoms with Gasteiger partial charge in [0.05, 0.1) is 6.54 Å². The Labute approximate surface area is 144 Å². The van der Waals surface area contributed by atoms with Gasteiger partial charge in [-0.1, -0.05) is 36.4 Å². The second-order valence-electron chi connectivity index (χ2n) is 6.10. The highest BCUT2D eigenvalue weighted by molar-refractivity contribution is 5.79. The summed E-state index contributed by atoms with van der Waals surface area (Å²) in [4.78, 5) is 14.0. The fraction of sp³-hybridized carbons (Fsp3) is 0.211. The van der Waals surface area contributed by atoms with E-state index < -0.39 is 0 Å². The van der Waals surface area contributed by atoms with Crippen molar-refractivity contribution in [3.05, 3.63) is 71.9 Å². The lowest BCUT2D eigenvalue weighted by Crippen LogP contribution is -2.24.